The number of carbonyl (C=O) groups is 3. The third kappa shape index (κ3) is 5.46. The number of hydrogen-bond acceptors (Lipinski definition) is 7. The van der Waals surface area contributed by atoms with Crippen molar-refractivity contribution < 1.29 is 23.9 Å². The number of benzene rings is 2. The van der Waals surface area contributed by atoms with E-state index in [1.165, 1.54) is 0 Å². The third-order valence-electron chi connectivity index (χ3n) is 8.08. The standard InChI is InChI=1S/C31H33N5O5/c1-20-4-6-21(7-5-20)26-16-32-19-41-12-11-40-18-28(38)36(26)17-27(37)34-24-9-8-22-14-31(15-23(22)13-24)25-3-2-10-33-29(25)35-30(31)39/h2-10,13,26,32H,11-12,14-19H2,1H3,(H,34,37)(H,33,35,39). The fraction of sp³-hybridized carbons (Fsp3) is 0.355. The van der Waals surface area contributed by atoms with E-state index in [0.717, 1.165) is 27.8 Å². The first kappa shape index (κ1) is 27.1. The molecule has 212 valence electrons. The van der Waals surface area contributed by atoms with Crippen molar-refractivity contribution in [3.63, 3.8) is 0 Å². The summed E-state index contributed by atoms with van der Waals surface area (Å²) in [7, 11) is 0. The van der Waals surface area contributed by atoms with E-state index in [9.17, 15) is 14.4 Å². The molecule has 1 saturated heterocycles. The summed E-state index contributed by atoms with van der Waals surface area (Å²) in [6.07, 6.45) is 2.79. The van der Waals surface area contributed by atoms with Gasteiger partial charge in [-0.3, -0.25) is 19.7 Å². The van der Waals surface area contributed by atoms with Crippen molar-refractivity contribution in [1.82, 2.24) is 15.2 Å². The van der Waals surface area contributed by atoms with Gasteiger partial charge in [-0.25, -0.2) is 4.98 Å². The molecule has 3 heterocycles. The lowest BCUT2D eigenvalue weighted by atomic mass is 9.79. The van der Waals surface area contributed by atoms with Gasteiger partial charge in [-0.15, -0.1) is 0 Å². The topological polar surface area (TPSA) is 122 Å². The highest BCUT2D eigenvalue weighted by molar-refractivity contribution is 6.06. The monoisotopic (exact) mass is 555 g/mol. The summed E-state index contributed by atoms with van der Waals surface area (Å²) in [6.45, 7) is 3.11. The summed E-state index contributed by atoms with van der Waals surface area (Å²) < 4.78 is 11.1. The molecule has 3 aliphatic rings. The number of amides is 3. The lowest BCUT2D eigenvalue weighted by Gasteiger charge is -2.32. The van der Waals surface area contributed by atoms with Gasteiger partial charge >= 0.3 is 0 Å². The molecule has 6 rings (SSSR count). The first-order valence-electron chi connectivity index (χ1n) is 13.8. The van der Waals surface area contributed by atoms with Crippen molar-refractivity contribution in [2.45, 2.75) is 31.2 Å². The zero-order chi connectivity index (χ0) is 28.4. The van der Waals surface area contributed by atoms with Crippen molar-refractivity contribution in [2.75, 3.05) is 50.3 Å². The summed E-state index contributed by atoms with van der Waals surface area (Å²) in [6, 6.07) is 17.1. The first-order valence-corrected chi connectivity index (χ1v) is 13.8. The molecule has 0 saturated carbocycles. The van der Waals surface area contributed by atoms with Gasteiger partial charge in [0.05, 0.1) is 31.4 Å². The van der Waals surface area contributed by atoms with Crippen molar-refractivity contribution in [2.24, 2.45) is 0 Å². The Labute approximate surface area is 238 Å². The highest BCUT2D eigenvalue weighted by Crippen LogP contribution is 2.46. The zero-order valence-electron chi connectivity index (χ0n) is 22.9. The second-order valence-corrected chi connectivity index (χ2v) is 10.8. The van der Waals surface area contributed by atoms with Crippen LogP contribution in [0.15, 0.2) is 60.8 Å². The summed E-state index contributed by atoms with van der Waals surface area (Å²) >= 11 is 0. The van der Waals surface area contributed by atoms with Gasteiger partial charge in [-0.05, 0) is 54.7 Å². The summed E-state index contributed by atoms with van der Waals surface area (Å²) in [5.74, 6) is -0.0196. The van der Waals surface area contributed by atoms with E-state index in [2.05, 4.69) is 20.9 Å². The molecular formula is C31H33N5O5. The van der Waals surface area contributed by atoms with Crippen LogP contribution in [0.25, 0.3) is 0 Å². The number of hydrogen-bond donors (Lipinski definition) is 3. The van der Waals surface area contributed by atoms with E-state index in [-0.39, 0.29) is 37.5 Å². The number of nitrogens with one attached hydrogen (secondary N) is 3. The first-order chi connectivity index (χ1) is 19.9. The van der Waals surface area contributed by atoms with E-state index in [0.29, 0.717) is 44.2 Å². The molecule has 1 aromatic heterocycles. The van der Waals surface area contributed by atoms with Crippen LogP contribution >= 0.6 is 0 Å². The van der Waals surface area contributed by atoms with Gasteiger partial charge in [-0.2, -0.15) is 0 Å². The van der Waals surface area contributed by atoms with Gasteiger partial charge in [0, 0.05) is 24.0 Å². The molecule has 0 bridgehead atoms. The van der Waals surface area contributed by atoms with Crippen LogP contribution in [0, 0.1) is 6.92 Å². The Morgan fingerprint density at radius 1 is 1.07 bits per heavy atom. The van der Waals surface area contributed by atoms with Crippen LogP contribution in [-0.2, 0) is 42.1 Å². The average Bonchev–Trinajstić information content (AvgIpc) is 3.47. The van der Waals surface area contributed by atoms with Gasteiger partial charge < -0.3 is 25.0 Å². The minimum atomic E-state index is -0.681. The van der Waals surface area contributed by atoms with Crippen LogP contribution in [0.3, 0.4) is 0 Å². The molecule has 41 heavy (non-hydrogen) atoms. The molecule has 2 aromatic carbocycles. The fourth-order valence-electron chi connectivity index (χ4n) is 5.97. The second-order valence-electron chi connectivity index (χ2n) is 10.8. The van der Waals surface area contributed by atoms with Crippen LogP contribution in [-0.4, -0.2) is 67.2 Å². The van der Waals surface area contributed by atoms with E-state index in [1.54, 1.807) is 11.1 Å². The molecule has 0 radical (unpaired) electrons. The molecule has 2 aliphatic heterocycles. The molecular weight excluding hydrogens is 522 g/mol. The largest absolute Gasteiger partial charge is 0.369 e. The van der Waals surface area contributed by atoms with E-state index < -0.39 is 11.5 Å². The number of anilines is 2. The van der Waals surface area contributed by atoms with Crippen molar-refractivity contribution in [3.05, 3.63) is 88.6 Å². The predicted octanol–water partition coefficient (Wildman–Crippen LogP) is 2.48. The number of rotatable bonds is 4. The summed E-state index contributed by atoms with van der Waals surface area (Å²) in [4.78, 5) is 45.6. The average molecular weight is 556 g/mol. The van der Waals surface area contributed by atoms with Gasteiger partial charge in [0.2, 0.25) is 17.7 Å². The highest BCUT2D eigenvalue weighted by Gasteiger charge is 2.51. The lowest BCUT2D eigenvalue weighted by Crippen LogP contribution is -2.45. The lowest BCUT2D eigenvalue weighted by molar-refractivity contribution is -0.141. The van der Waals surface area contributed by atoms with Crippen LogP contribution in [0.1, 0.15) is 33.9 Å². The normalized spacial score (nSPS) is 22.6. The van der Waals surface area contributed by atoms with Crippen molar-refractivity contribution >= 4 is 29.2 Å². The van der Waals surface area contributed by atoms with Crippen molar-refractivity contribution in [3.8, 4) is 0 Å². The number of nitrogens with zero attached hydrogens (tertiary/aromatic N) is 2. The van der Waals surface area contributed by atoms with E-state index >= 15 is 0 Å². The summed E-state index contributed by atoms with van der Waals surface area (Å²) in [5, 5.41) is 9.14. The highest BCUT2D eigenvalue weighted by atomic mass is 16.5. The minimum absolute atomic E-state index is 0.0468. The number of carbonyl (C=O) groups excluding carboxylic acids is 3. The zero-order valence-corrected chi connectivity index (χ0v) is 22.9. The Bertz CT molecular complexity index is 1480. The molecule has 3 N–H and O–H groups in total. The van der Waals surface area contributed by atoms with Crippen LogP contribution < -0.4 is 16.0 Å². The van der Waals surface area contributed by atoms with Crippen molar-refractivity contribution in [1.29, 1.82) is 0 Å². The maximum absolute atomic E-state index is 13.4. The SMILES string of the molecule is Cc1ccc(C2CNCOCCOCC(=O)N2CC(=O)Nc2ccc3c(c2)CC2(C3)C(=O)Nc3ncccc32)cc1. The minimum Gasteiger partial charge on any atom is -0.369 e. The Kier molecular flexibility index (Phi) is 7.53. The molecule has 2 unspecified atom stereocenters. The maximum Gasteiger partial charge on any atom is 0.249 e. The maximum atomic E-state index is 13.4. The van der Waals surface area contributed by atoms with E-state index in [1.807, 2.05) is 61.5 Å². The Balaban J connectivity index is 1.20. The second kappa shape index (κ2) is 11.4. The number of pyridine rings is 1. The Morgan fingerprint density at radius 2 is 1.88 bits per heavy atom. The Hall–Kier alpha value is -4.12. The molecule has 1 spiro atoms. The molecule has 1 aliphatic carbocycles. The Morgan fingerprint density at radius 3 is 2.73 bits per heavy atom. The number of aromatic nitrogens is 1. The third-order valence-corrected chi connectivity index (χ3v) is 8.08. The van der Waals surface area contributed by atoms with E-state index in [4.69, 9.17) is 9.47 Å². The fourth-order valence-corrected chi connectivity index (χ4v) is 5.97. The smallest absolute Gasteiger partial charge is 0.249 e. The predicted molar refractivity (Wildman–Crippen MR) is 152 cm³/mol. The van der Waals surface area contributed by atoms with Gasteiger partial charge in [-0.1, -0.05) is 42.0 Å². The van der Waals surface area contributed by atoms with Crippen LogP contribution in [0.5, 0.6) is 0 Å². The molecule has 3 amide bonds. The number of aryl methyl sites for hydroxylation is 1. The molecule has 10 heteroatoms. The molecule has 3 aromatic rings. The van der Waals surface area contributed by atoms with Gasteiger partial charge in [0.15, 0.2) is 0 Å². The van der Waals surface area contributed by atoms with Crippen LogP contribution in [0.2, 0.25) is 0 Å². The van der Waals surface area contributed by atoms with Gasteiger partial charge in [0.25, 0.3) is 0 Å². The quantitative estimate of drug-likeness (QED) is 0.452. The molecule has 1 fully saturated rings. The molecule has 2 atom stereocenters. The van der Waals surface area contributed by atoms with Gasteiger partial charge in [0.1, 0.15) is 19.0 Å². The summed E-state index contributed by atoms with van der Waals surface area (Å²) in [5.41, 5.74) is 4.95. The number of fused-ring (bicyclic) bond motifs is 3. The molecule has 10 nitrogen and oxygen atoms in total. The number of ether oxygens (including phenoxy) is 2. The van der Waals surface area contributed by atoms with Crippen LogP contribution in [0.4, 0.5) is 11.5 Å².